The Morgan fingerprint density at radius 3 is 2.79 bits per heavy atom. The van der Waals surface area contributed by atoms with Gasteiger partial charge in [-0.2, -0.15) is 4.98 Å². The van der Waals surface area contributed by atoms with Crippen LogP contribution in [-0.2, 0) is 0 Å². The van der Waals surface area contributed by atoms with Gasteiger partial charge in [0, 0.05) is 18.9 Å². The van der Waals surface area contributed by atoms with E-state index in [9.17, 15) is 10.1 Å². The standard InChI is InChI=1S/C11H18N4O3S/c1-3-5-12-11-13-8(2)9(15(17)18)10(14-11)19-7-4-6-16/h16H,3-7H2,1-2H3,(H,12,13,14). The molecule has 1 rings (SSSR count). The van der Waals surface area contributed by atoms with Gasteiger partial charge in [0.15, 0.2) is 5.03 Å². The van der Waals surface area contributed by atoms with Gasteiger partial charge in [0.1, 0.15) is 5.69 Å². The molecule has 0 fully saturated rings. The molecule has 0 aliphatic rings. The minimum Gasteiger partial charge on any atom is -0.396 e. The second kappa shape index (κ2) is 7.90. The van der Waals surface area contributed by atoms with Crippen LogP contribution in [0.25, 0.3) is 0 Å². The highest BCUT2D eigenvalue weighted by atomic mass is 32.2. The van der Waals surface area contributed by atoms with Gasteiger partial charge in [-0.15, -0.1) is 0 Å². The molecule has 7 nitrogen and oxygen atoms in total. The number of aliphatic hydroxyl groups excluding tert-OH is 1. The maximum absolute atomic E-state index is 11.0. The van der Waals surface area contributed by atoms with Crippen molar-refractivity contribution in [3.8, 4) is 0 Å². The van der Waals surface area contributed by atoms with Crippen LogP contribution in [0.2, 0.25) is 0 Å². The summed E-state index contributed by atoms with van der Waals surface area (Å²) < 4.78 is 0. The van der Waals surface area contributed by atoms with E-state index in [4.69, 9.17) is 5.11 Å². The van der Waals surface area contributed by atoms with Gasteiger partial charge in [0.2, 0.25) is 5.95 Å². The third-order valence-corrected chi connectivity index (χ3v) is 3.33. The summed E-state index contributed by atoms with van der Waals surface area (Å²) in [6, 6.07) is 0. The van der Waals surface area contributed by atoms with Crippen molar-refractivity contribution in [2.75, 3.05) is 24.2 Å². The van der Waals surface area contributed by atoms with Gasteiger partial charge in [-0.3, -0.25) is 10.1 Å². The zero-order valence-corrected chi connectivity index (χ0v) is 11.9. The monoisotopic (exact) mass is 286 g/mol. The normalized spacial score (nSPS) is 10.5. The SMILES string of the molecule is CCCNc1nc(C)c([N+](=O)[O-])c(SCCCO)n1. The summed E-state index contributed by atoms with van der Waals surface area (Å²) in [5.41, 5.74) is 0.301. The summed E-state index contributed by atoms with van der Waals surface area (Å²) in [7, 11) is 0. The third kappa shape index (κ3) is 4.64. The van der Waals surface area contributed by atoms with Gasteiger partial charge < -0.3 is 10.4 Å². The van der Waals surface area contributed by atoms with Crippen LogP contribution in [0.3, 0.4) is 0 Å². The van der Waals surface area contributed by atoms with E-state index in [1.54, 1.807) is 6.92 Å². The number of hydrogen-bond acceptors (Lipinski definition) is 7. The molecular formula is C11H18N4O3S. The summed E-state index contributed by atoms with van der Waals surface area (Å²) in [4.78, 5) is 18.9. The van der Waals surface area contributed by atoms with Crippen LogP contribution in [-0.4, -0.2) is 38.9 Å². The van der Waals surface area contributed by atoms with Gasteiger partial charge in [0.25, 0.3) is 0 Å². The second-order valence-corrected chi connectivity index (χ2v) is 4.98. The van der Waals surface area contributed by atoms with E-state index in [-0.39, 0.29) is 12.3 Å². The van der Waals surface area contributed by atoms with E-state index in [1.165, 1.54) is 11.8 Å². The van der Waals surface area contributed by atoms with E-state index >= 15 is 0 Å². The van der Waals surface area contributed by atoms with Crippen molar-refractivity contribution in [3.05, 3.63) is 15.8 Å². The van der Waals surface area contributed by atoms with Gasteiger partial charge >= 0.3 is 5.69 Å². The fraction of sp³-hybridized carbons (Fsp3) is 0.636. The Morgan fingerprint density at radius 1 is 1.47 bits per heavy atom. The number of aromatic nitrogens is 2. The highest BCUT2D eigenvalue weighted by Gasteiger charge is 2.22. The lowest BCUT2D eigenvalue weighted by Gasteiger charge is -2.08. The lowest BCUT2D eigenvalue weighted by molar-refractivity contribution is -0.389. The van der Waals surface area contributed by atoms with Crippen molar-refractivity contribution in [1.82, 2.24) is 9.97 Å². The van der Waals surface area contributed by atoms with Crippen LogP contribution in [0.15, 0.2) is 5.03 Å². The van der Waals surface area contributed by atoms with Gasteiger partial charge in [0.05, 0.1) is 4.92 Å². The molecule has 19 heavy (non-hydrogen) atoms. The first-order valence-corrected chi connectivity index (χ1v) is 7.09. The molecule has 2 N–H and O–H groups in total. The Labute approximate surface area is 116 Å². The first-order valence-electron chi connectivity index (χ1n) is 6.10. The van der Waals surface area contributed by atoms with E-state index in [2.05, 4.69) is 15.3 Å². The highest BCUT2D eigenvalue weighted by Crippen LogP contribution is 2.30. The van der Waals surface area contributed by atoms with Gasteiger partial charge in [-0.25, -0.2) is 4.98 Å². The number of thioether (sulfide) groups is 1. The fourth-order valence-electron chi connectivity index (χ4n) is 1.40. The molecule has 0 aliphatic heterocycles. The summed E-state index contributed by atoms with van der Waals surface area (Å²) in [6.07, 6.45) is 1.50. The molecule has 0 spiro atoms. The van der Waals surface area contributed by atoms with Crippen LogP contribution in [0.1, 0.15) is 25.5 Å². The van der Waals surface area contributed by atoms with E-state index in [0.717, 1.165) is 13.0 Å². The number of anilines is 1. The molecule has 1 heterocycles. The second-order valence-electron chi connectivity index (χ2n) is 3.90. The molecule has 0 unspecified atom stereocenters. The summed E-state index contributed by atoms with van der Waals surface area (Å²) in [6.45, 7) is 4.40. The molecule has 0 atom stereocenters. The van der Waals surface area contributed by atoms with E-state index in [1.807, 2.05) is 6.92 Å². The zero-order chi connectivity index (χ0) is 14.3. The summed E-state index contributed by atoms with van der Waals surface area (Å²) in [5.74, 6) is 0.998. The van der Waals surface area contributed by atoms with E-state index < -0.39 is 4.92 Å². The molecule has 106 valence electrons. The maximum Gasteiger partial charge on any atom is 0.322 e. The maximum atomic E-state index is 11.0. The summed E-state index contributed by atoms with van der Waals surface area (Å²) in [5, 5.41) is 23.2. The van der Waals surface area contributed by atoms with Crippen molar-refractivity contribution in [1.29, 1.82) is 0 Å². The van der Waals surface area contributed by atoms with Crippen LogP contribution in [0.5, 0.6) is 0 Å². The van der Waals surface area contributed by atoms with Crippen molar-refractivity contribution >= 4 is 23.4 Å². The van der Waals surface area contributed by atoms with E-state index in [0.29, 0.717) is 28.8 Å². The van der Waals surface area contributed by atoms with Crippen molar-refractivity contribution in [2.45, 2.75) is 31.7 Å². The quantitative estimate of drug-likeness (QED) is 0.248. The lowest BCUT2D eigenvalue weighted by atomic mass is 10.4. The fourth-order valence-corrected chi connectivity index (χ4v) is 2.38. The number of nitrogens with zero attached hydrogens (tertiary/aromatic N) is 3. The molecule has 1 aromatic heterocycles. The molecule has 0 saturated carbocycles. The largest absolute Gasteiger partial charge is 0.396 e. The molecule has 0 radical (unpaired) electrons. The summed E-state index contributed by atoms with van der Waals surface area (Å²) >= 11 is 1.27. The topological polar surface area (TPSA) is 101 Å². The molecule has 0 amide bonds. The number of aryl methyl sites for hydroxylation is 1. The van der Waals surface area contributed by atoms with Crippen LogP contribution < -0.4 is 5.32 Å². The van der Waals surface area contributed by atoms with Crippen molar-refractivity contribution < 1.29 is 10.0 Å². The number of nitro groups is 1. The Kier molecular flexibility index (Phi) is 6.51. The number of rotatable bonds is 8. The molecule has 0 saturated heterocycles. The van der Waals surface area contributed by atoms with Crippen LogP contribution in [0.4, 0.5) is 11.6 Å². The minimum absolute atomic E-state index is 0.0509. The van der Waals surface area contributed by atoms with Crippen LogP contribution in [0, 0.1) is 17.0 Å². The third-order valence-electron chi connectivity index (χ3n) is 2.28. The molecule has 0 bridgehead atoms. The predicted molar refractivity (Wildman–Crippen MR) is 74.6 cm³/mol. The number of nitrogens with one attached hydrogen (secondary N) is 1. The van der Waals surface area contributed by atoms with Gasteiger partial charge in [-0.1, -0.05) is 18.7 Å². The first kappa shape index (κ1) is 15.6. The highest BCUT2D eigenvalue weighted by molar-refractivity contribution is 7.99. The van der Waals surface area contributed by atoms with Gasteiger partial charge in [-0.05, 0) is 19.8 Å². The Hall–Kier alpha value is -1.41. The Morgan fingerprint density at radius 2 is 2.21 bits per heavy atom. The molecule has 0 aromatic carbocycles. The number of aliphatic hydroxyl groups is 1. The average Bonchev–Trinajstić information content (AvgIpc) is 2.35. The van der Waals surface area contributed by atoms with Crippen molar-refractivity contribution in [3.63, 3.8) is 0 Å². The Balaban J connectivity index is 2.99. The lowest BCUT2D eigenvalue weighted by Crippen LogP contribution is -2.08. The predicted octanol–water partition coefficient (Wildman–Crippen LogP) is 1.99. The molecule has 8 heteroatoms. The average molecular weight is 286 g/mol. The molecular weight excluding hydrogens is 268 g/mol. The minimum atomic E-state index is -0.458. The zero-order valence-electron chi connectivity index (χ0n) is 11.0. The Bertz CT molecular complexity index is 442. The first-order chi connectivity index (χ1) is 9.10. The molecule has 1 aromatic rings. The van der Waals surface area contributed by atoms with Crippen LogP contribution >= 0.6 is 11.8 Å². The smallest absolute Gasteiger partial charge is 0.322 e. The van der Waals surface area contributed by atoms with Crippen molar-refractivity contribution in [2.24, 2.45) is 0 Å². The number of hydrogen-bond donors (Lipinski definition) is 2. The molecule has 0 aliphatic carbocycles.